The number of anilines is 1. The number of ether oxygens (including phenoxy) is 1. The molecule has 1 saturated carbocycles. The van der Waals surface area contributed by atoms with E-state index in [1.165, 1.54) is 25.3 Å². The Hall–Kier alpha value is -3.03. The second kappa shape index (κ2) is 9.45. The zero-order chi connectivity index (χ0) is 20.8. The monoisotopic (exact) mass is 406 g/mol. The summed E-state index contributed by atoms with van der Waals surface area (Å²) in [6.45, 7) is 7.55. The van der Waals surface area contributed by atoms with Gasteiger partial charge >= 0.3 is 5.97 Å². The van der Waals surface area contributed by atoms with Gasteiger partial charge in [0.15, 0.2) is 0 Å². The minimum absolute atomic E-state index is 0.176. The van der Waals surface area contributed by atoms with Gasteiger partial charge in [0.25, 0.3) is 0 Å². The minimum atomic E-state index is -0.391. The van der Waals surface area contributed by atoms with Gasteiger partial charge in [0.1, 0.15) is 16.9 Å². The molecule has 1 fully saturated rings. The number of methoxy groups -OCH3 is 1. The SMILES string of the molecule is [C-]#[N+]c1c(N)nc(SCc2cccc(C(=O)OC)c2)c(C#N)c1C1CCCCC1. The van der Waals surface area contributed by atoms with Crippen molar-refractivity contribution in [3.8, 4) is 6.07 Å². The van der Waals surface area contributed by atoms with Crippen molar-refractivity contribution in [2.24, 2.45) is 0 Å². The number of nitrogens with zero attached hydrogens (tertiary/aromatic N) is 3. The average molecular weight is 407 g/mol. The van der Waals surface area contributed by atoms with Gasteiger partial charge in [0.2, 0.25) is 5.69 Å². The zero-order valence-corrected chi connectivity index (χ0v) is 17.1. The number of hydrogen-bond donors (Lipinski definition) is 1. The Kier molecular flexibility index (Phi) is 6.74. The molecule has 0 saturated heterocycles. The van der Waals surface area contributed by atoms with Crippen molar-refractivity contribution < 1.29 is 9.53 Å². The van der Waals surface area contributed by atoms with E-state index < -0.39 is 5.97 Å². The molecule has 0 bridgehead atoms. The van der Waals surface area contributed by atoms with Gasteiger partial charge in [0.05, 0.1) is 24.8 Å². The Morgan fingerprint density at radius 1 is 1.41 bits per heavy atom. The minimum Gasteiger partial charge on any atom is -0.465 e. The van der Waals surface area contributed by atoms with Crippen LogP contribution in [0.5, 0.6) is 0 Å². The number of nitrogen functional groups attached to an aromatic ring is 1. The standard InChI is InChI=1S/C22H22N4O2S/c1-25-19-18(15-8-4-3-5-9-15)17(12-23)21(26-20(19)24)29-13-14-7-6-10-16(11-14)22(27)28-2/h6-7,10-11,15H,3-5,8-9,13H2,2H3,(H2,24,26). The number of benzene rings is 1. The average Bonchev–Trinajstić information content (AvgIpc) is 2.77. The molecular weight excluding hydrogens is 384 g/mol. The summed E-state index contributed by atoms with van der Waals surface area (Å²) >= 11 is 1.40. The normalized spacial score (nSPS) is 14.0. The largest absolute Gasteiger partial charge is 0.465 e. The molecule has 6 nitrogen and oxygen atoms in total. The third kappa shape index (κ3) is 4.52. The van der Waals surface area contributed by atoms with Gasteiger partial charge < -0.3 is 10.5 Å². The predicted molar refractivity (Wildman–Crippen MR) is 113 cm³/mol. The van der Waals surface area contributed by atoms with Crippen LogP contribution in [0.2, 0.25) is 0 Å². The Balaban J connectivity index is 1.94. The molecule has 2 N–H and O–H groups in total. The van der Waals surface area contributed by atoms with E-state index in [0.717, 1.165) is 36.8 Å². The molecule has 1 aromatic carbocycles. The highest BCUT2D eigenvalue weighted by molar-refractivity contribution is 7.98. The maximum absolute atomic E-state index is 11.7. The Bertz CT molecular complexity index is 1000. The first-order chi connectivity index (χ1) is 14.1. The van der Waals surface area contributed by atoms with E-state index in [1.807, 2.05) is 6.07 Å². The fourth-order valence-corrected chi connectivity index (χ4v) is 4.71. The summed E-state index contributed by atoms with van der Waals surface area (Å²) in [5, 5.41) is 10.4. The summed E-state index contributed by atoms with van der Waals surface area (Å²) in [7, 11) is 1.35. The third-order valence-corrected chi connectivity index (χ3v) is 6.21. The van der Waals surface area contributed by atoms with Crippen molar-refractivity contribution in [2.45, 2.75) is 48.8 Å². The van der Waals surface area contributed by atoms with Crippen LogP contribution in [0.3, 0.4) is 0 Å². The lowest BCUT2D eigenvalue weighted by molar-refractivity contribution is 0.0600. The molecule has 0 spiro atoms. The maximum atomic E-state index is 11.7. The van der Waals surface area contributed by atoms with Crippen LogP contribution in [0.4, 0.5) is 11.5 Å². The summed E-state index contributed by atoms with van der Waals surface area (Å²) in [5.41, 5.74) is 9.05. The molecule has 2 aromatic rings. The second-order valence-electron chi connectivity index (χ2n) is 6.98. The highest BCUT2D eigenvalue weighted by Crippen LogP contribution is 2.44. The van der Waals surface area contributed by atoms with Crippen LogP contribution in [0.1, 0.15) is 65.1 Å². The van der Waals surface area contributed by atoms with E-state index in [0.29, 0.717) is 27.6 Å². The number of pyridine rings is 1. The summed E-state index contributed by atoms with van der Waals surface area (Å²) in [4.78, 5) is 19.7. The van der Waals surface area contributed by atoms with Gasteiger partial charge in [-0.2, -0.15) is 5.26 Å². The predicted octanol–water partition coefficient (Wildman–Crippen LogP) is 5.21. The number of carbonyl (C=O) groups excluding carboxylic acids is 1. The summed E-state index contributed by atoms with van der Waals surface area (Å²) in [5.74, 6) is 0.492. The number of rotatable bonds is 5. The molecule has 29 heavy (non-hydrogen) atoms. The van der Waals surface area contributed by atoms with Gasteiger partial charge in [-0.15, -0.1) is 11.8 Å². The Morgan fingerprint density at radius 3 is 2.83 bits per heavy atom. The second-order valence-corrected chi connectivity index (χ2v) is 7.94. The van der Waals surface area contributed by atoms with E-state index in [4.69, 9.17) is 17.0 Å². The van der Waals surface area contributed by atoms with E-state index in [-0.39, 0.29) is 11.7 Å². The van der Waals surface area contributed by atoms with E-state index in [9.17, 15) is 10.1 Å². The van der Waals surface area contributed by atoms with Crippen LogP contribution >= 0.6 is 11.8 Å². The van der Waals surface area contributed by atoms with Crippen LogP contribution in [0.25, 0.3) is 4.85 Å². The molecule has 148 valence electrons. The molecule has 0 unspecified atom stereocenters. The van der Waals surface area contributed by atoms with Crippen LogP contribution in [0, 0.1) is 17.9 Å². The zero-order valence-electron chi connectivity index (χ0n) is 16.3. The lowest BCUT2D eigenvalue weighted by atomic mass is 9.82. The molecule has 0 radical (unpaired) electrons. The number of esters is 1. The number of nitriles is 1. The topological polar surface area (TPSA) is 93.4 Å². The van der Waals surface area contributed by atoms with Crippen molar-refractivity contribution >= 4 is 29.2 Å². The lowest BCUT2D eigenvalue weighted by Crippen LogP contribution is -2.10. The van der Waals surface area contributed by atoms with Gasteiger partial charge in [0, 0.05) is 5.75 Å². The van der Waals surface area contributed by atoms with E-state index in [2.05, 4.69) is 15.9 Å². The molecular formula is C22H22N4O2S. The summed E-state index contributed by atoms with van der Waals surface area (Å²) in [6, 6.07) is 9.45. The number of aromatic nitrogens is 1. The molecule has 3 rings (SSSR count). The third-order valence-electron chi connectivity index (χ3n) is 5.16. The number of nitrogens with two attached hydrogens (primary N) is 1. The molecule has 1 heterocycles. The van der Waals surface area contributed by atoms with Gasteiger partial charge in [-0.25, -0.2) is 14.6 Å². The Morgan fingerprint density at radius 2 is 2.17 bits per heavy atom. The van der Waals surface area contributed by atoms with Crippen LogP contribution in [-0.2, 0) is 10.5 Å². The van der Waals surface area contributed by atoms with Crippen LogP contribution in [0.15, 0.2) is 29.3 Å². The molecule has 0 atom stereocenters. The van der Waals surface area contributed by atoms with E-state index in [1.54, 1.807) is 18.2 Å². The van der Waals surface area contributed by atoms with Crippen molar-refractivity contribution in [3.05, 3.63) is 57.9 Å². The lowest BCUT2D eigenvalue weighted by Gasteiger charge is -2.25. The molecule has 0 aliphatic heterocycles. The quantitative estimate of drug-likeness (QED) is 0.416. The molecule has 1 aliphatic carbocycles. The summed E-state index contributed by atoms with van der Waals surface area (Å²) in [6.07, 6.45) is 5.30. The fourth-order valence-electron chi connectivity index (χ4n) is 3.77. The first-order valence-corrected chi connectivity index (χ1v) is 10.5. The first kappa shape index (κ1) is 20.7. The first-order valence-electron chi connectivity index (χ1n) is 9.50. The fraction of sp³-hybridized carbons (Fsp3) is 0.364. The van der Waals surface area contributed by atoms with Crippen molar-refractivity contribution in [3.63, 3.8) is 0 Å². The maximum Gasteiger partial charge on any atom is 0.337 e. The van der Waals surface area contributed by atoms with Crippen LogP contribution < -0.4 is 5.73 Å². The van der Waals surface area contributed by atoms with E-state index >= 15 is 0 Å². The number of hydrogen-bond acceptors (Lipinski definition) is 6. The number of carbonyl (C=O) groups is 1. The van der Waals surface area contributed by atoms with Crippen molar-refractivity contribution in [1.29, 1.82) is 5.26 Å². The molecule has 7 heteroatoms. The number of thioether (sulfide) groups is 1. The van der Waals surface area contributed by atoms with Gasteiger partial charge in [-0.3, -0.25) is 0 Å². The smallest absolute Gasteiger partial charge is 0.337 e. The highest BCUT2D eigenvalue weighted by atomic mass is 32.2. The van der Waals surface area contributed by atoms with Crippen molar-refractivity contribution in [2.75, 3.05) is 12.8 Å². The van der Waals surface area contributed by atoms with Crippen molar-refractivity contribution in [1.82, 2.24) is 4.98 Å². The molecule has 0 amide bonds. The Labute approximate surface area is 174 Å². The highest BCUT2D eigenvalue weighted by Gasteiger charge is 2.27. The molecule has 1 aromatic heterocycles. The molecule has 1 aliphatic rings. The van der Waals surface area contributed by atoms with Gasteiger partial charge in [-0.1, -0.05) is 31.4 Å². The summed E-state index contributed by atoms with van der Waals surface area (Å²) < 4.78 is 4.77. The van der Waals surface area contributed by atoms with Crippen LogP contribution in [-0.4, -0.2) is 18.1 Å². The van der Waals surface area contributed by atoms with Gasteiger partial charge in [-0.05, 0) is 42.0 Å².